The Morgan fingerprint density at radius 2 is 1.50 bits per heavy atom. The van der Waals surface area contributed by atoms with Crippen molar-refractivity contribution in [2.24, 2.45) is 0 Å². The molecule has 0 fully saturated rings. The molecule has 0 aliphatic carbocycles. The van der Waals surface area contributed by atoms with Crippen LogP contribution >= 0.6 is 0 Å². The van der Waals surface area contributed by atoms with Crippen LogP contribution in [-0.4, -0.2) is 10.8 Å². The lowest BCUT2D eigenvalue weighted by atomic mass is 10.1. The van der Waals surface area contributed by atoms with Crippen molar-refractivity contribution >= 4 is 17.4 Å². The molecule has 0 unspecified atom stereocenters. The molecule has 0 radical (unpaired) electrons. The van der Waals surface area contributed by atoms with Crippen LogP contribution in [0.4, 0.5) is 16.2 Å². The number of carbonyl (C=O) groups excluding carboxylic acids is 1. The summed E-state index contributed by atoms with van der Waals surface area (Å²) in [4.78, 5) is 27.1. The molecule has 0 atom stereocenters. The molecule has 5 heteroatoms. The summed E-state index contributed by atoms with van der Waals surface area (Å²) in [5.74, 6) is 0. The summed E-state index contributed by atoms with van der Waals surface area (Å²) in [6.45, 7) is 3.91. The fourth-order valence-corrected chi connectivity index (χ4v) is 3.04. The van der Waals surface area contributed by atoms with Crippen LogP contribution in [0.25, 0.3) is 0 Å². The van der Waals surface area contributed by atoms with E-state index in [0.717, 1.165) is 11.2 Å². The number of nitrogens with zero attached hydrogens (tertiary/aromatic N) is 2. The van der Waals surface area contributed by atoms with Gasteiger partial charge in [0.2, 0.25) is 0 Å². The molecule has 0 spiro atoms. The molecule has 3 aromatic rings. The van der Waals surface area contributed by atoms with Gasteiger partial charge in [-0.05, 0) is 37.1 Å². The standard InChI is InChI=1S/C21H22N2O3/c1-3-11-19-18(4-2)20(24)26-23(19)21(25)22(16-12-7-5-8-13-16)17-14-9-6-10-15-17/h5-10,12-15H,3-4,11H2,1-2H3. The molecule has 1 aromatic heterocycles. The zero-order chi connectivity index (χ0) is 18.5. The summed E-state index contributed by atoms with van der Waals surface area (Å²) in [6.07, 6.45) is 1.96. The number of carbonyl (C=O) groups is 1. The smallest absolute Gasteiger partial charge is 0.327 e. The first kappa shape index (κ1) is 17.7. The Labute approximate surface area is 152 Å². The van der Waals surface area contributed by atoms with Crippen LogP contribution in [-0.2, 0) is 12.8 Å². The van der Waals surface area contributed by atoms with Gasteiger partial charge in [0, 0.05) is 0 Å². The summed E-state index contributed by atoms with van der Waals surface area (Å²) >= 11 is 0. The highest BCUT2D eigenvalue weighted by Gasteiger charge is 2.26. The second-order valence-corrected chi connectivity index (χ2v) is 5.99. The number of aromatic nitrogens is 1. The van der Waals surface area contributed by atoms with Crippen LogP contribution < -0.4 is 10.5 Å². The number of hydrogen-bond donors (Lipinski definition) is 0. The van der Waals surface area contributed by atoms with Gasteiger partial charge in [0.05, 0.1) is 22.6 Å². The Bertz CT molecular complexity index is 887. The van der Waals surface area contributed by atoms with Crippen molar-refractivity contribution in [1.82, 2.24) is 4.74 Å². The van der Waals surface area contributed by atoms with E-state index in [4.69, 9.17) is 4.52 Å². The van der Waals surface area contributed by atoms with E-state index >= 15 is 0 Å². The number of para-hydroxylation sites is 2. The molecule has 2 aromatic carbocycles. The second-order valence-electron chi connectivity index (χ2n) is 5.99. The lowest BCUT2D eigenvalue weighted by molar-refractivity contribution is 0.212. The fourth-order valence-electron chi connectivity index (χ4n) is 3.04. The number of benzene rings is 2. The van der Waals surface area contributed by atoms with Crippen LogP contribution in [0.2, 0.25) is 0 Å². The van der Waals surface area contributed by atoms with Gasteiger partial charge in [0.15, 0.2) is 0 Å². The minimum atomic E-state index is -0.439. The Morgan fingerprint density at radius 3 is 1.96 bits per heavy atom. The number of hydrogen-bond acceptors (Lipinski definition) is 3. The molecular formula is C21H22N2O3. The van der Waals surface area contributed by atoms with Crippen molar-refractivity contribution in [2.45, 2.75) is 33.1 Å². The van der Waals surface area contributed by atoms with E-state index in [-0.39, 0.29) is 0 Å². The summed E-state index contributed by atoms with van der Waals surface area (Å²) in [5.41, 5.74) is 2.20. The first-order valence-electron chi connectivity index (χ1n) is 8.86. The minimum Gasteiger partial charge on any atom is -0.327 e. The van der Waals surface area contributed by atoms with E-state index < -0.39 is 11.7 Å². The molecule has 0 saturated carbocycles. The number of amides is 1. The maximum Gasteiger partial charge on any atom is 0.366 e. The maximum absolute atomic E-state index is 13.4. The highest BCUT2D eigenvalue weighted by Crippen LogP contribution is 2.27. The van der Waals surface area contributed by atoms with Crippen LogP contribution in [0.3, 0.4) is 0 Å². The molecule has 0 aliphatic heterocycles. The third kappa shape index (κ3) is 3.33. The third-order valence-corrected chi connectivity index (χ3v) is 4.25. The van der Waals surface area contributed by atoms with E-state index in [1.54, 1.807) is 4.90 Å². The highest BCUT2D eigenvalue weighted by atomic mass is 16.5. The van der Waals surface area contributed by atoms with Gasteiger partial charge in [0.25, 0.3) is 0 Å². The van der Waals surface area contributed by atoms with Gasteiger partial charge in [-0.1, -0.05) is 56.7 Å². The molecule has 5 nitrogen and oxygen atoms in total. The summed E-state index contributed by atoms with van der Waals surface area (Å²) in [5, 5.41) is 0. The predicted octanol–water partition coefficient (Wildman–Crippen LogP) is 4.76. The largest absolute Gasteiger partial charge is 0.366 e. The Balaban J connectivity index is 2.14. The molecular weight excluding hydrogens is 328 g/mol. The van der Waals surface area contributed by atoms with Crippen molar-refractivity contribution in [1.29, 1.82) is 0 Å². The van der Waals surface area contributed by atoms with Crippen molar-refractivity contribution in [3.63, 3.8) is 0 Å². The molecule has 134 valence electrons. The van der Waals surface area contributed by atoms with Gasteiger partial charge in [-0.2, -0.15) is 0 Å². The van der Waals surface area contributed by atoms with Crippen molar-refractivity contribution < 1.29 is 9.32 Å². The van der Waals surface area contributed by atoms with Gasteiger partial charge >= 0.3 is 11.7 Å². The lowest BCUT2D eigenvalue weighted by Gasteiger charge is -2.23. The van der Waals surface area contributed by atoms with Gasteiger partial charge in [-0.25, -0.2) is 9.59 Å². The fraction of sp³-hybridized carbons (Fsp3) is 0.238. The average Bonchev–Trinajstić information content (AvgIpc) is 2.99. The van der Waals surface area contributed by atoms with Crippen molar-refractivity contribution in [2.75, 3.05) is 4.90 Å². The van der Waals surface area contributed by atoms with Gasteiger partial charge in [0.1, 0.15) is 0 Å². The molecule has 3 rings (SSSR count). The molecule has 1 amide bonds. The molecule has 1 heterocycles. The minimum absolute atomic E-state index is 0.400. The van der Waals surface area contributed by atoms with Crippen LogP contribution in [0, 0.1) is 0 Å². The zero-order valence-electron chi connectivity index (χ0n) is 15.0. The summed E-state index contributed by atoms with van der Waals surface area (Å²) in [6, 6.07) is 18.3. The molecule has 0 bridgehead atoms. The molecule has 26 heavy (non-hydrogen) atoms. The van der Waals surface area contributed by atoms with E-state index in [0.29, 0.717) is 35.5 Å². The Kier molecular flexibility index (Phi) is 5.37. The van der Waals surface area contributed by atoms with E-state index in [9.17, 15) is 9.59 Å². The first-order valence-corrected chi connectivity index (χ1v) is 8.86. The second kappa shape index (κ2) is 7.87. The third-order valence-electron chi connectivity index (χ3n) is 4.25. The van der Waals surface area contributed by atoms with Crippen LogP contribution in [0.15, 0.2) is 70.0 Å². The highest BCUT2D eigenvalue weighted by molar-refractivity contribution is 6.00. The van der Waals surface area contributed by atoms with Gasteiger partial charge < -0.3 is 4.52 Å². The zero-order valence-corrected chi connectivity index (χ0v) is 15.0. The van der Waals surface area contributed by atoms with Crippen LogP contribution in [0.1, 0.15) is 31.5 Å². The number of rotatable bonds is 5. The Hall–Kier alpha value is -3.08. The topological polar surface area (TPSA) is 55.5 Å². The summed E-state index contributed by atoms with van der Waals surface area (Å²) in [7, 11) is 0. The Morgan fingerprint density at radius 1 is 0.962 bits per heavy atom. The van der Waals surface area contributed by atoms with Gasteiger partial charge in [-0.3, -0.25) is 4.90 Å². The van der Waals surface area contributed by atoms with E-state index in [2.05, 4.69) is 0 Å². The predicted molar refractivity (Wildman–Crippen MR) is 102 cm³/mol. The first-order chi connectivity index (χ1) is 12.7. The monoisotopic (exact) mass is 350 g/mol. The van der Waals surface area contributed by atoms with Crippen LogP contribution in [0.5, 0.6) is 0 Å². The number of anilines is 2. The maximum atomic E-state index is 13.4. The molecule has 0 aliphatic rings. The average molecular weight is 350 g/mol. The van der Waals surface area contributed by atoms with Gasteiger partial charge in [-0.15, -0.1) is 4.74 Å². The molecule has 0 N–H and O–H groups in total. The SMILES string of the molecule is CCCc1c(CC)c(=O)on1C(=O)N(c1ccccc1)c1ccccc1. The molecule has 0 saturated heterocycles. The van der Waals surface area contributed by atoms with Crippen molar-refractivity contribution in [3.05, 3.63) is 82.3 Å². The van der Waals surface area contributed by atoms with E-state index in [1.165, 1.54) is 0 Å². The van der Waals surface area contributed by atoms with Crippen molar-refractivity contribution in [3.8, 4) is 0 Å². The normalized spacial score (nSPS) is 10.7. The van der Waals surface area contributed by atoms with E-state index in [1.807, 2.05) is 74.5 Å². The summed E-state index contributed by atoms with van der Waals surface area (Å²) < 4.78 is 6.50. The quantitative estimate of drug-likeness (QED) is 0.666. The lowest BCUT2D eigenvalue weighted by Crippen LogP contribution is -2.31.